The molecule has 0 N–H and O–H groups in total. The fraction of sp³-hybridized carbons (Fsp3) is 0.227. The molecule has 2 heterocycles. The molecule has 26 heavy (non-hydrogen) atoms. The summed E-state index contributed by atoms with van der Waals surface area (Å²) in [6.07, 6.45) is 1.78. The molecule has 0 aliphatic carbocycles. The van der Waals surface area contributed by atoms with Crippen LogP contribution in [0, 0.1) is 0 Å². The van der Waals surface area contributed by atoms with Crippen molar-refractivity contribution in [2.24, 2.45) is 0 Å². The van der Waals surface area contributed by atoms with Crippen LogP contribution in [-0.2, 0) is 5.41 Å². The predicted octanol–water partition coefficient (Wildman–Crippen LogP) is 5.51. The Hall–Kier alpha value is -3.01. The van der Waals surface area contributed by atoms with Gasteiger partial charge in [0.2, 0.25) is 0 Å². The average molecular weight is 348 g/mol. The Morgan fingerprint density at radius 1 is 0.962 bits per heavy atom. The highest BCUT2D eigenvalue weighted by Crippen LogP contribution is 2.34. The number of rotatable bonds is 2. The van der Waals surface area contributed by atoms with E-state index in [9.17, 15) is 4.79 Å². The van der Waals surface area contributed by atoms with Crippen LogP contribution in [0.25, 0.3) is 33.1 Å². The lowest BCUT2D eigenvalue weighted by molar-refractivity contribution is 0.415. The second-order valence-electron chi connectivity index (χ2n) is 7.46. The van der Waals surface area contributed by atoms with E-state index in [0.717, 1.165) is 33.2 Å². The Morgan fingerprint density at radius 3 is 2.35 bits per heavy atom. The van der Waals surface area contributed by atoms with Crippen molar-refractivity contribution in [1.82, 2.24) is 0 Å². The molecule has 0 saturated carbocycles. The minimum atomic E-state index is -0.371. The fourth-order valence-electron chi connectivity index (χ4n) is 3.19. The van der Waals surface area contributed by atoms with E-state index in [1.54, 1.807) is 19.4 Å². The monoisotopic (exact) mass is 348 g/mol. The molecule has 0 amide bonds. The van der Waals surface area contributed by atoms with Crippen LogP contribution in [0.15, 0.2) is 62.4 Å². The normalized spacial score (nSPS) is 12.0. The maximum Gasteiger partial charge on any atom is 0.344 e. The van der Waals surface area contributed by atoms with Crippen molar-refractivity contribution >= 4 is 21.9 Å². The Balaban J connectivity index is 1.94. The van der Waals surface area contributed by atoms with Crippen LogP contribution in [0.2, 0.25) is 0 Å². The van der Waals surface area contributed by atoms with Gasteiger partial charge in [-0.1, -0.05) is 32.9 Å². The van der Waals surface area contributed by atoms with Gasteiger partial charge in [-0.25, -0.2) is 4.79 Å². The summed E-state index contributed by atoms with van der Waals surface area (Å²) in [5.41, 5.74) is 3.30. The molecule has 2 aromatic heterocycles. The minimum absolute atomic E-state index is 0.0344. The number of fused-ring (bicyclic) bond motifs is 2. The zero-order chi connectivity index (χ0) is 18.5. The van der Waals surface area contributed by atoms with Crippen molar-refractivity contribution in [3.63, 3.8) is 0 Å². The van der Waals surface area contributed by atoms with Crippen molar-refractivity contribution in [3.05, 3.63) is 64.7 Å². The number of ether oxygens (including phenoxy) is 1. The van der Waals surface area contributed by atoms with Crippen LogP contribution < -0.4 is 10.4 Å². The first-order chi connectivity index (χ1) is 12.4. The zero-order valence-corrected chi connectivity index (χ0v) is 15.3. The van der Waals surface area contributed by atoms with Gasteiger partial charge in [-0.05, 0) is 35.2 Å². The summed E-state index contributed by atoms with van der Waals surface area (Å²) < 4.78 is 16.4. The van der Waals surface area contributed by atoms with Gasteiger partial charge >= 0.3 is 5.63 Å². The maximum absolute atomic E-state index is 12.5. The lowest BCUT2D eigenvalue weighted by atomic mass is 9.86. The molecule has 4 aromatic rings. The molecule has 0 unspecified atom stereocenters. The minimum Gasteiger partial charge on any atom is -0.497 e. The van der Waals surface area contributed by atoms with E-state index >= 15 is 0 Å². The fourth-order valence-corrected chi connectivity index (χ4v) is 3.19. The molecule has 0 saturated heterocycles. The summed E-state index contributed by atoms with van der Waals surface area (Å²) in [7, 11) is 1.61. The second kappa shape index (κ2) is 5.77. The first-order valence-corrected chi connectivity index (χ1v) is 8.51. The van der Waals surface area contributed by atoms with E-state index in [-0.39, 0.29) is 11.0 Å². The van der Waals surface area contributed by atoms with Crippen molar-refractivity contribution in [2.45, 2.75) is 26.2 Å². The molecule has 4 rings (SSSR count). The highest BCUT2D eigenvalue weighted by atomic mass is 16.5. The zero-order valence-electron chi connectivity index (χ0n) is 15.3. The summed E-state index contributed by atoms with van der Waals surface area (Å²) in [6.45, 7) is 6.44. The highest BCUT2D eigenvalue weighted by molar-refractivity contribution is 5.96. The predicted molar refractivity (Wildman–Crippen MR) is 103 cm³/mol. The Kier molecular flexibility index (Phi) is 3.65. The summed E-state index contributed by atoms with van der Waals surface area (Å²) in [6, 6.07) is 13.1. The summed E-state index contributed by atoms with van der Waals surface area (Å²) >= 11 is 0. The van der Waals surface area contributed by atoms with E-state index in [1.807, 2.05) is 36.4 Å². The van der Waals surface area contributed by atoms with Crippen LogP contribution in [-0.4, -0.2) is 7.11 Å². The van der Waals surface area contributed by atoms with Gasteiger partial charge < -0.3 is 13.6 Å². The van der Waals surface area contributed by atoms with Crippen molar-refractivity contribution < 1.29 is 13.6 Å². The number of methoxy groups -OCH3 is 1. The van der Waals surface area contributed by atoms with Crippen LogP contribution in [0.1, 0.15) is 26.3 Å². The number of benzene rings is 2. The highest BCUT2D eigenvalue weighted by Gasteiger charge is 2.20. The molecule has 0 aliphatic heterocycles. The lowest BCUT2D eigenvalue weighted by Crippen LogP contribution is -2.09. The molecule has 0 spiro atoms. The molecular weight excluding hydrogens is 328 g/mol. The third-order valence-electron chi connectivity index (χ3n) is 4.64. The van der Waals surface area contributed by atoms with Gasteiger partial charge in [0, 0.05) is 22.4 Å². The molecule has 0 atom stereocenters. The standard InChI is InChI=1S/C22H20O4/c1-22(2,3)18-12-25-20-11-19-14(10-17(18)20)9-16(21(23)26-19)13-5-7-15(24-4)8-6-13/h5-12H,1-4H3. The second-order valence-corrected chi connectivity index (χ2v) is 7.46. The average Bonchev–Trinajstić information content (AvgIpc) is 3.02. The van der Waals surface area contributed by atoms with E-state index in [4.69, 9.17) is 13.6 Å². The van der Waals surface area contributed by atoms with Crippen LogP contribution in [0.3, 0.4) is 0 Å². The molecule has 2 aromatic carbocycles. The first kappa shape index (κ1) is 16.5. The molecule has 132 valence electrons. The third kappa shape index (κ3) is 2.68. The molecule has 4 heteroatoms. The van der Waals surface area contributed by atoms with Gasteiger partial charge in [0.25, 0.3) is 0 Å². The Morgan fingerprint density at radius 2 is 1.69 bits per heavy atom. The molecule has 4 nitrogen and oxygen atoms in total. The Labute approximate surface area is 151 Å². The number of hydrogen-bond acceptors (Lipinski definition) is 4. The van der Waals surface area contributed by atoms with Crippen LogP contribution in [0.5, 0.6) is 5.75 Å². The van der Waals surface area contributed by atoms with Crippen molar-refractivity contribution in [1.29, 1.82) is 0 Å². The molecule has 0 bridgehead atoms. The van der Waals surface area contributed by atoms with Gasteiger partial charge in [0.05, 0.1) is 18.9 Å². The summed E-state index contributed by atoms with van der Waals surface area (Å²) in [5.74, 6) is 0.744. The molecule has 0 aliphatic rings. The summed E-state index contributed by atoms with van der Waals surface area (Å²) in [4.78, 5) is 12.5. The van der Waals surface area contributed by atoms with Crippen LogP contribution in [0.4, 0.5) is 0 Å². The van der Waals surface area contributed by atoms with E-state index in [1.165, 1.54) is 0 Å². The van der Waals surface area contributed by atoms with Crippen molar-refractivity contribution in [3.8, 4) is 16.9 Å². The smallest absolute Gasteiger partial charge is 0.344 e. The summed E-state index contributed by atoms with van der Waals surface area (Å²) in [5, 5.41) is 1.91. The molecule has 0 fully saturated rings. The van der Waals surface area contributed by atoms with E-state index < -0.39 is 0 Å². The molecular formula is C22H20O4. The van der Waals surface area contributed by atoms with Gasteiger partial charge in [0.15, 0.2) is 0 Å². The van der Waals surface area contributed by atoms with Gasteiger partial charge in [-0.3, -0.25) is 0 Å². The van der Waals surface area contributed by atoms with Gasteiger partial charge in [0.1, 0.15) is 16.9 Å². The van der Waals surface area contributed by atoms with Crippen LogP contribution >= 0.6 is 0 Å². The topological polar surface area (TPSA) is 52.6 Å². The van der Waals surface area contributed by atoms with Gasteiger partial charge in [-0.15, -0.1) is 0 Å². The third-order valence-corrected chi connectivity index (χ3v) is 4.64. The quantitative estimate of drug-likeness (QED) is 0.448. The Bertz CT molecular complexity index is 1160. The number of hydrogen-bond donors (Lipinski definition) is 0. The number of furan rings is 1. The first-order valence-electron chi connectivity index (χ1n) is 8.51. The van der Waals surface area contributed by atoms with Crippen molar-refractivity contribution in [2.75, 3.05) is 7.11 Å². The molecule has 0 radical (unpaired) electrons. The van der Waals surface area contributed by atoms with E-state index in [2.05, 4.69) is 20.8 Å². The van der Waals surface area contributed by atoms with Gasteiger partial charge in [-0.2, -0.15) is 0 Å². The SMILES string of the molecule is COc1ccc(-c2cc3cc4c(C(C)(C)C)coc4cc3oc2=O)cc1. The van der Waals surface area contributed by atoms with E-state index in [0.29, 0.717) is 11.1 Å². The maximum atomic E-state index is 12.5. The lowest BCUT2D eigenvalue weighted by Gasteiger charge is -2.16. The largest absolute Gasteiger partial charge is 0.497 e.